The highest BCUT2D eigenvalue weighted by atomic mass is 19.1. The van der Waals surface area contributed by atoms with Gasteiger partial charge in [0.05, 0.1) is 16.8 Å². The van der Waals surface area contributed by atoms with Crippen molar-refractivity contribution in [1.82, 2.24) is 0 Å². The predicted octanol–water partition coefficient (Wildman–Crippen LogP) is 2.41. The average molecular weight is 319 g/mol. The van der Waals surface area contributed by atoms with Crippen molar-refractivity contribution in [3.63, 3.8) is 0 Å². The Morgan fingerprint density at radius 2 is 1.78 bits per heavy atom. The highest BCUT2D eigenvalue weighted by Crippen LogP contribution is 2.44. The number of hydrogen-bond acceptors (Lipinski definition) is 3. The molecule has 0 spiro atoms. The molecule has 1 aliphatic heterocycles. The summed E-state index contributed by atoms with van der Waals surface area (Å²) >= 11 is 0. The molecular weight excluding hydrogens is 296 g/mol. The summed E-state index contributed by atoms with van der Waals surface area (Å²) < 4.78 is 26.8. The van der Waals surface area contributed by atoms with E-state index in [4.69, 9.17) is 15.0 Å². The monoisotopic (exact) mass is 319 g/mol. The molecule has 1 amide bonds. The van der Waals surface area contributed by atoms with E-state index >= 15 is 0 Å². The molecule has 1 aromatic rings. The SMILES string of the molecule is Cc1c(B2OC(C)(C)C(C)(C)O2)cc(C(N)=O)c(F)c1C1CC1. The Morgan fingerprint density at radius 3 is 2.22 bits per heavy atom. The van der Waals surface area contributed by atoms with Crippen LogP contribution in [0, 0.1) is 12.7 Å². The number of benzene rings is 1. The van der Waals surface area contributed by atoms with Crippen LogP contribution in [0.1, 0.15) is 67.9 Å². The maximum absolute atomic E-state index is 14.7. The largest absolute Gasteiger partial charge is 0.495 e. The van der Waals surface area contributed by atoms with Crippen LogP contribution in [0.25, 0.3) is 0 Å². The van der Waals surface area contributed by atoms with Crippen molar-refractivity contribution in [2.75, 3.05) is 0 Å². The molecule has 23 heavy (non-hydrogen) atoms. The Morgan fingerprint density at radius 1 is 1.26 bits per heavy atom. The highest BCUT2D eigenvalue weighted by Gasteiger charge is 2.52. The molecule has 1 saturated heterocycles. The number of carbonyl (C=O) groups is 1. The van der Waals surface area contributed by atoms with E-state index in [1.54, 1.807) is 0 Å². The zero-order chi connectivity index (χ0) is 17.2. The molecule has 1 aliphatic carbocycles. The van der Waals surface area contributed by atoms with Gasteiger partial charge in [0.15, 0.2) is 0 Å². The van der Waals surface area contributed by atoms with Crippen LogP contribution in [0.2, 0.25) is 0 Å². The van der Waals surface area contributed by atoms with E-state index in [0.29, 0.717) is 11.0 Å². The van der Waals surface area contributed by atoms with Crippen LogP contribution in [0.5, 0.6) is 0 Å². The summed E-state index contributed by atoms with van der Waals surface area (Å²) in [5.74, 6) is -1.09. The van der Waals surface area contributed by atoms with Crippen LogP contribution in [-0.2, 0) is 9.31 Å². The van der Waals surface area contributed by atoms with Crippen LogP contribution in [0.3, 0.4) is 0 Å². The van der Waals surface area contributed by atoms with Crippen LogP contribution in [0.15, 0.2) is 6.07 Å². The lowest BCUT2D eigenvalue weighted by Crippen LogP contribution is -2.41. The van der Waals surface area contributed by atoms with Gasteiger partial charge < -0.3 is 15.0 Å². The van der Waals surface area contributed by atoms with Crippen molar-refractivity contribution in [1.29, 1.82) is 0 Å². The molecule has 1 aromatic carbocycles. The smallest absolute Gasteiger partial charge is 0.399 e. The first-order valence-electron chi connectivity index (χ1n) is 8.03. The zero-order valence-electron chi connectivity index (χ0n) is 14.3. The minimum Gasteiger partial charge on any atom is -0.399 e. The van der Waals surface area contributed by atoms with Gasteiger partial charge in [0.2, 0.25) is 0 Å². The van der Waals surface area contributed by atoms with Crippen LogP contribution in [0.4, 0.5) is 4.39 Å². The number of amides is 1. The van der Waals surface area contributed by atoms with Gasteiger partial charge in [-0.1, -0.05) is 0 Å². The fourth-order valence-electron chi connectivity index (χ4n) is 3.04. The van der Waals surface area contributed by atoms with E-state index in [-0.39, 0.29) is 11.5 Å². The van der Waals surface area contributed by atoms with Crippen LogP contribution >= 0.6 is 0 Å². The molecule has 4 nitrogen and oxygen atoms in total. The third-order valence-electron chi connectivity index (χ3n) is 5.37. The predicted molar refractivity (Wildman–Crippen MR) is 87.3 cm³/mol. The second kappa shape index (κ2) is 5.05. The quantitative estimate of drug-likeness (QED) is 0.870. The molecule has 6 heteroatoms. The molecule has 0 bridgehead atoms. The summed E-state index contributed by atoms with van der Waals surface area (Å²) in [4.78, 5) is 11.7. The normalized spacial score (nSPS) is 22.4. The van der Waals surface area contributed by atoms with Crippen molar-refractivity contribution in [3.8, 4) is 0 Å². The third-order valence-corrected chi connectivity index (χ3v) is 5.37. The van der Waals surface area contributed by atoms with Gasteiger partial charge in [-0.3, -0.25) is 4.79 Å². The second-order valence-electron chi connectivity index (χ2n) is 7.59. The molecule has 124 valence electrons. The van der Waals surface area contributed by atoms with Crippen molar-refractivity contribution in [2.24, 2.45) is 5.73 Å². The Kier molecular flexibility index (Phi) is 3.61. The topological polar surface area (TPSA) is 61.6 Å². The van der Waals surface area contributed by atoms with Gasteiger partial charge in [-0.25, -0.2) is 4.39 Å². The minimum atomic E-state index is -0.762. The van der Waals surface area contributed by atoms with Crippen LogP contribution in [-0.4, -0.2) is 24.2 Å². The number of halogens is 1. The van der Waals surface area contributed by atoms with E-state index in [1.165, 1.54) is 6.07 Å². The fourth-order valence-corrected chi connectivity index (χ4v) is 3.04. The van der Waals surface area contributed by atoms with Crippen LogP contribution < -0.4 is 11.2 Å². The summed E-state index contributed by atoms with van der Waals surface area (Å²) in [6.45, 7) is 9.71. The summed E-state index contributed by atoms with van der Waals surface area (Å²) in [5, 5.41) is 0. The van der Waals surface area contributed by atoms with E-state index in [9.17, 15) is 9.18 Å². The molecule has 1 heterocycles. The van der Waals surface area contributed by atoms with Gasteiger partial charge in [0, 0.05) is 0 Å². The molecule has 0 radical (unpaired) electrons. The molecule has 2 aliphatic rings. The maximum atomic E-state index is 14.7. The second-order valence-corrected chi connectivity index (χ2v) is 7.59. The van der Waals surface area contributed by atoms with E-state index in [1.807, 2.05) is 34.6 Å². The van der Waals surface area contributed by atoms with E-state index < -0.39 is 30.0 Å². The third kappa shape index (κ3) is 2.58. The highest BCUT2D eigenvalue weighted by molar-refractivity contribution is 6.62. The van der Waals surface area contributed by atoms with Crippen molar-refractivity contribution in [3.05, 3.63) is 28.6 Å². The molecule has 2 fully saturated rings. The number of hydrogen-bond donors (Lipinski definition) is 1. The molecule has 2 N–H and O–H groups in total. The minimum absolute atomic E-state index is 0.0813. The van der Waals surface area contributed by atoms with Crippen molar-refractivity contribution >= 4 is 18.5 Å². The number of nitrogens with two attached hydrogens (primary N) is 1. The lowest BCUT2D eigenvalue weighted by Gasteiger charge is -2.32. The molecule has 1 saturated carbocycles. The van der Waals surface area contributed by atoms with Gasteiger partial charge >= 0.3 is 7.12 Å². The van der Waals surface area contributed by atoms with Gasteiger partial charge in [-0.05, 0) is 76.0 Å². The molecule has 3 rings (SSSR count). The van der Waals surface area contributed by atoms with Gasteiger partial charge in [-0.15, -0.1) is 0 Å². The lowest BCUT2D eigenvalue weighted by molar-refractivity contribution is 0.00578. The molecule has 0 aromatic heterocycles. The summed E-state index contributed by atoms with van der Waals surface area (Å²) in [6, 6.07) is 1.49. The molecule has 0 atom stereocenters. The van der Waals surface area contributed by atoms with Gasteiger partial charge in [-0.2, -0.15) is 0 Å². The summed E-state index contributed by atoms with van der Waals surface area (Å²) in [6.07, 6.45) is 1.87. The summed E-state index contributed by atoms with van der Waals surface area (Å²) in [7, 11) is -0.629. The van der Waals surface area contributed by atoms with Gasteiger partial charge in [0.25, 0.3) is 5.91 Å². The average Bonchev–Trinajstić information content (AvgIpc) is 3.18. The zero-order valence-corrected chi connectivity index (χ0v) is 14.3. The first kappa shape index (κ1) is 16.5. The standard InChI is InChI=1S/C17H23BFNO3/c1-9-12(18-22-16(2,3)17(4,5)23-18)8-11(15(20)21)14(19)13(9)10-6-7-10/h8,10H,6-7H2,1-5H3,(H2,20,21). The first-order valence-corrected chi connectivity index (χ1v) is 8.03. The lowest BCUT2D eigenvalue weighted by atomic mass is 9.73. The van der Waals surface area contributed by atoms with Crippen molar-refractivity contribution in [2.45, 2.75) is 64.6 Å². The van der Waals surface area contributed by atoms with Crippen molar-refractivity contribution < 1.29 is 18.5 Å². The maximum Gasteiger partial charge on any atom is 0.495 e. The molecular formula is C17H23BFNO3. The molecule has 0 unspecified atom stereocenters. The summed E-state index contributed by atoms with van der Waals surface area (Å²) in [5.41, 5.74) is 6.38. The Balaban J connectivity index is 2.12. The number of carbonyl (C=O) groups excluding carboxylic acids is 1. The number of rotatable bonds is 3. The Bertz CT molecular complexity index is 667. The number of primary amides is 1. The Labute approximate surface area is 136 Å². The fraction of sp³-hybridized carbons (Fsp3) is 0.588. The van der Waals surface area contributed by atoms with E-state index in [2.05, 4.69) is 0 Å². The van der Waals surface area contributed by atoms with E-state index in [0.717, 1.165) is 18.4 Å². The van der Waals surface area contributed by atoms with Gasteiger partial charge in [0.1, 0.15) is 5.82 Å². The first-order chi connectivity index (χ1) is 10.5. The Hall–Kier alpha value is -1.40.